The van der Waals surface area contributed by atoms with Gasteiger partial charge in [0.15, 0.2) is 12.2 Å². The number of pyridine rings is 1. The topological polar surface area (TPSA) is 84.0 Å². The molecule has 1 saturated heterocycles. The maximum Gasteiger partial charge on any atom is 0.303 e. The Morgan fingerprint density at radius 1 is 1.14 bits per heavy atom. The maximum absolute atomic E-state index is 11.5. The van der Waals surface area contributed by atoms with E-state index in [4.69, 9.17) is 30.5 Å². The van der Waals surface area contributed by atoms with Gasteiger partial charge in [-0.15, -0.1) is 0 Å². The van der Waals surface area contributed by atoms with Gasteiger partial charge in [0.1, 0.15) is 22.6 Å². The second-order valence-corrected chi connectivity index (χ2v) is 7.58. The quantitative estimate of drug-likeness (QED) is 0.571. The smallest absolute Gasteiger partial charge is 0.303 e. The van der Waals surface area contributed by atoms with Crippen molar-refractivity contribution < 1.29 is 28.5 Å². The lowest BCUT2D eigenvalue weighted by molar-refractivity contribution is -0.189. The highest BCUT2D eigenvalue weighted by Crippen LogP contribution is 2.47. The van der Waals surface area contributed by atoms with Crippen LogP contribution < -0.4 is 4.74 Å². The van der Waals surface area contributed by atoms with Gasteiger partial charge in [0.05, 0.1) is 12.1 Å². The van der Waals surface area contributed by atoms with Crippen molar-refractivity contribution in [2.45, 2.75) is 50.6 Å². The summed E-state index contributed by atoms with van der Waals surface area (Å²) in [6, 6.07) is 9.29. The number of hydrogen-bond acceptors (Lipinski definition) is 7. The van der Waals surface area contributed by atoms with Gasteiger partial charge < -0.3 is 18.9 Å². The van der Waals surface area contributed by atoms with Gasteiger partial charge in [0.2, 0.25) is 0 Å². The fourth-order valence-corrected chi connectivity index (χ4v) is 4.06. The van der Waals surface area contributed by atoms with Crippen LogP contribution in [0.4, 0.5) is 0 Å². The van der Waals surface area contributed by atoms with E-state index >= 15 is 0 Å². The largest absolute Gasteiger partial charge is 0.490 e. The summed E-state index contributed by atoms with van der Waals surface area (Å²) in [5.74, 6) is -0.188. The van der Waals surface area contributed by atoms with E-state index in [0.29, 0.717) is 23.7 Å². The molecule has 1 spiro atoms. The number of hydrogen-bond donors (Lipinski definition) is 0. The highest BCUT2D eigenvalue weighted by atomic mass is 35.5. The zero-order valence-electron chi connectivity index (χ0n) is 15.5. The second-order valence-electron chi connectivity index (χ2n) is 7.19. The van der Waals surface area contributed by atoms with Crippen molar-refractivity contribution in [3.63, 3.8) is 0 Å². The van der Waals surface area contributed by atoms with E-state index in [1.54, 1.807) is 6.07 Å². The number of esters is 2. The van der Waals surface area contributed by atoms with Crippen LogP contribution >= 0.6 is 11.6 Å². The lowest BCUT2D eigenvalue weighted by Gasteiger charge is -2.46. The number of halogens is 1. The molecule has 1 aromatic heterocycles. The molecule has 0 unspecified atom stereocenters. The van der Waals surface area contributed by atoms with Crippen molar-refractivity contribution in [2.75, 3.05) is 6.61 Å². The molecule has 2 aliphatic rings. The Morgan fingerprint density at radius 2 is 1.86 bits per heavy atom. The number of aromatic nitrogens is 1. The number of rotatable bonds is 4. The first-order valence-electron chi connectivity index (χ1n) is 9.06. The van der Waals surface area contributed by atoms with E-state index in [2.05, 4.69) is 4.98 Å². The first-order chi connectivity index (χ1) is 13.3. The van der Waals surface area contributed by atoms with Crippen molar-refractivity contribution in [2.24, 2.45) is 0 Å². The number of benzene rings is 1. The number of carbonyl (C=O) groups is 2. The van der Waals surface area contributed by atoms with E-state index in [9.17, 15) is 9.59 Å². The van der Waals surface area contributed by atoms with Crippen molar-refractivity contribution >= 4 is 34.4 Å². The number of nitrogens with zero attached hydrogens (tertiary/aromatic N) is 1. The Labute approximate surface area is 166 Å². The fraction of sp³-hybridized carbons (Fsp3) is 0.450. The summed E-state index contributed by atoms with van der Waals surface area (Å²) in [6.07, 6.45) is -0.279. The molecule has 8 heteroatoms. The van der Waals surface area contributed by atoms with Crippen LogP contribution in [-0.4, -0.2) is 47.4 Å². The van der Waals surface area contributed by atoms with Gasteiger partial charge in [0, 0.05) is 38.1 Å². The second kappa shape index (κ2) is 7.22. The molecular formula is C20H20ClNO6. The number of fused-ring (bicyclic) bond motifs is 1. The van der Waals surface area contributed by atoms with Crippen molar-refractivity contribution in [3.05, 3.63) is 35.5 Å². The standard InChI is InChI=1S/C20H20ClNO6/c1-11(23)26-17-10-25-20(19(17)27-12(2)24)8-15(9-20)28-14-5-3-13-4-6-18(21)22-16(13)7-14/h3-7,15,17,19H,8-10H2,1-2H3/t15?,17-,19-,20?/m0/s1. The molecule has 2 aromatic rings. The van der Waals surface area contributed by atoms with Crippen LogP contribution in [0, 0.1) is 0 Å². The van der Waals surface area contributed by atoms with Gasteiger partial charge in [-0.2, -0.15) is 0 Å². The minimum atomic E-state index is -0.686. The lowest BCUT2D eigenvalue weighted by atomic mass is 9.73. The Bertz CT molecular complexity index is 926. The molecule has 2 atom stereocenters. The minimum Gasteiger partial charge on any atom is -0.490 e. The van der Waals surface area contributed by atoms with Gasteiger partial charge >= 0.3 is 11.9 Å². The lowest BCUT2D eigenvalue weighted by Crippen LogP contribution is -2.58. The summed E-state index contributed by atoms with van der Waals surface area (Å²) in [5, 5.41) is 1.40. The third-order valence-electron chi connectivity index (χ3n) is 5.08. The summed E-state index contributed by atoms with van der Waals surface area (Å²) < 4.78 is 22.6. The summed E-state index contributed by atoms with van der Waals surface area (Å²) in [4.78, 5) is 27.1. The first kappa shape index (κ1) is 19.0. The Hall–Kier alpha value is -2.38. The van der Waals surface area contributed by atoms with Gasteiger partial charge in [-0.05, 0) is 24.3 Å². The molecule has 1 aliphatic carbocycles. The zero-order valence-corrected chi connectivity index (χ0v) is 16.3. The average molecular weight is 406 g/mol. The molecule has 1 saturated carbocycles. The van der Waals surface area contributed by atoms with Crippen LogP contribution in [0.3, 0.4) is 0 Å². The summed E-state index contributed by atoms with van der Waals surface area (Å²) in [6.45, 7) is 2.85. The molecule has 0 amide bonds. The fourth-order valence-electron chi connectivity index (χ4n) is 3.91. The molecule has 7 nitrogen and oxygen atoms in total. The first-order valence-corrected chi connectivity index (χ1v) is 9.44. The van der Waals surface area contributed by atoms with E-state index < -0.39 is 29.7 Å². The van der Waals surface area contributed by atoms with Crippen molar-refractivity contribution in [3.8, 4) is 5.75 Å². The SMILES string of the molecule is CC(=O)O[C@H]1COC2(CC(Oc3ccc4ccc(Cl)nc4c3)C2)[C@H]1OC(C)=O. The van der Waals surface area contributed by atoms with Crippen molar-refractivity contribution in [1.82, 2.24) is 4.98 Å². The Morgan fingerprint density at radius 3 is 2.57 bits per heavy atom. The number of ether oxygens (including phenoxy) is 4. The van der Waals surface area contributed by atoms with Crippen LogP contribution in [0.2, 0.25) is 5.15 Å². The molecule has 0 N–H and O–H groups in total. The van der Waals surface area contributed by atoms with Gasteiger partial charge in [-0.25, -0.2) is 4.98 Å². The van der Waals surface area contributed by atoms with E-state index in [1.807, 2.05) is 24.3 Å². The third-order valence-corrected chi connectivity index (χ3v) is 5.29. The molecule has 0 radical (unpaired) electrons. The van der Waals surface area contributed by atoms with Crippen LogP contribution in [-0.2, 0) is 23.8 Å². The van der Waals surface area contributed by atoms with Crippen molar-refractivity contribution in [1.29, 1.82) is 0 Å². The average Bonchev–Trinajstić information content (AvgIpc) is 2.91. The van der Waals surface area contributed by atoms with Crippen LogP contribution in [0.15, 0.2) is 30.3 Å². The van der Waals surface area contributed by atoms with E-state index in [-0.39, 0.29) is 12.7 Å². The molecule has 148 valence electrons. The Balaban J connectivity index is 1.45. The summed E-state index contributed by atoms with van der Waals surface area (Å²) >= 11 is 5.96. The van der Waals surface area contributed by atoms with Crippen LogP contribution in [0.1, 0.15) is 26.7 Å². The Kier molecular flexibility index (Phi) is 4.89. The molecule has 2 heterocycles. The zero-order chi connectivity index (χ0) is 19.9. The monoisotopic (exact) mass is 405 g/mol. The molecule has 4 rings (SSSR count). The molecular weight excluding hydrogens is 386 g/mol. The van der Waals surface area contributed by atoms with E-state index in [0.717, 1.165) is 10.9 Å². The highest BCUT2D eigenvalue weighted by Gasteiger charge is 2.61. The van der Waals surface area contributed by atoms with Crippen LogP contribution in [0.25, 0.3) is 10.9 Å². The third kappa shape index (κ3) is 3.64. The maximum atomic E-state index is 11.5. The molecule has 1 aliphatic heterocycles. The predicted octanol–water partition coefficient (Wildman–Crippen LogP) is 3.06. The van der Waals surface area contributed by atoms with E-state index in [1.165, 1.54) is 13.8 Å². The van der Waals surface area contributed by atoms with Gasteiger partial charge in [-0.1, -0.05) is 11.6 Å². The summed E-state index contributed by atoms with van der Waals surface area (Å²) in [7, 11) is 0. The minimum absolute atomic E-state index is 0.106. The molecule has 0 bridgehead atoms. The molecule has 2 fully saturated rings. The number of carbonyl (C=O) groups excluding carboxylic acids is 2. The highest BCUT2D eigenvalue weighted by molar-refractivity contribution is 6.29. The van der Waals surface area contributed by atoms with Crippen LogP contribution in [0.5, 0.6) is 5.75 Å². The predicted molar refractivity (Wildman–Crippen MR) is 100 cm³/mol. The molecule has 28 heavy (non-hydrogen) atoms. The molecule has 1 aromatic carbocycles. The summed E-state index contributed by atoms with van der Waals surface area (Å²) in [5.41, 5.74) is 0.0679. The van der Waals surface area contributed by atoms with Gasteiger partial charge in [-0.3, -0.25) is 9.59 Å². The normalized spacial score (nSPS) is 28.8. The van der Waals surface area contributed by atoms with Gasteiger partial charge in [0.25, 0.3) is 0 Å².